The summed E-state index contributed by atoms with van der Waals surface area (Å²) in [6.07, 6.45) is 2.10. The van der Waals surface area contributed by atoms with E-state index in [0.29, 0.717) is 0 Å². The molecule has 0 aromatic heterocycles. The molecule has 114 valence electrons. The molecule has 20 heavy (non-hydrogen) atoms. The van der Waals surface area contributed by atoms with Crippen molar-refractivity contribution in [3.05, 3.63) is 30.3 Å². The molecule has 1 aromatic carbocycles. The summed E-state index contributed by atoms with van der Waals surface area (Å²) in [5.41, 5.74) is 0. The van der Waals surface area contributed by atoms with Gasteiger partial charge in [-0.1, -0.05) is 18.2 Å². The molecule has 0 radical (unpaired) electrons. The Labute approximate surface area is 148 Å². The van der Waals surface area contributed by atoms with Crippen LogP contribution in [0, 0.1) is 0 Å². The van der Waals surface area contributed by atoms with E-state index in [9.17, 15) is 0 Å². The van der Waals surface area contributed by atoms with Crippen molar-refractivity contribution in [2.45, 2.75) is 11.8 Å². The van der Waals surface area contributed by atoms with E-state index >= 15 is 0 Å². The summed E-state index contributed by atoms with van der Waals surface area (Å²) in [5, 5.41) is 6.62. The number of rotatable bonds is 8. The van der Waals surface area contributed by atoms with Crippen molar-refractivity contribution in [3.63, 3.8) is 0 Å². The van der Waals surface area contributed by atoms with Gasteiger partial charge in [0.2, 0.25) is 0 Å². The van der Waals surface area contributed by atoms with Gasteiger partial charge in [0.1, 0.15) is 0 Å². The van der Waals surface area contributed by atoms with E-state index in [0.717, 1.165) is 37.1 Å². The largest absolute Gasteiger partial charge is 0.357 e. The summed E-state index contributed by atoms with van der Waals surface area (Å²) in [5.74, 6) is 3.02. The third kappa shape index (κ3) is 9.77. The summed E-state index contributed by atoms with van der Waals surface area (Å²) in [7, 11) is 0. The van der Waals surface area contributed by atoms with Crippen LogP contribution in [0.25, 0.3) is 0 Å². The Hall–Kier alpha value is -0.0800. The van der Waals surface area contributed by atoms with Crippen molar-refractivity contribution in [2.75, 3.05) is 37.4 Å². The van der Waals surface area contributed by atoms with Crippen LogP contribution in [0.1, 0.15) is 6.92 Å². The standard InChI is InChI=1S/C14H23N3S2.HI/c1-3-15-14(16-9-11-18-2)17-10-12-19-13-7-5-4-6-8-13;/h4-8H,3,9-12H2,1-2H3,(H2,15,16,17);1H. The second kappa shape index (κ2) is 13.9. The Morgan fingerprint density at radius 2 is 1.90 bits per heavy atom. The number of halogens is 1. The van der Waals surface area contributed by atoms with Crippen LogP contribution in [-0.4, -0.2) is 43.4 Å². The maximum atomic E-state index is 4.51. The second-order valence-electron chi connectivity index (χ2n) is 3.84. The van der Waals surface area contributed by atoms with Gasteiger partial charge in [-0.05, 0) is 25.3 Å². The number of aliphatic imine (C=N–C) groups is 1. The van der Waals surface area contributed by atoms with Gasteiger partial charge in [-0.3, -0.25) is 4.99 Å². The average molecular weight is 425 g/mol. The zero-order chi connectivity index (χ0) is 13.8. The SMILES string of the molecule is CCNC(=NCCSC)NCCSc1ccccc1.I. The van der Waals surface area contributed by atoms with E-state index in [1.54, 1.807) is 0 Å². The van der Waals surface area contributed by atoms with E-state index in [1.807, 2.05) is 29.6 Å². The van der Waals surface area contributed by atoms with Gasteiger partial charge < -0.3 is 10.6 Å². The van der Waals surface area contributed by atoms with Gasteiger partial charge in [-0.15, -0.1) is 35.7 Å². The van der Waals surface area contributed by atoms with Gasteiger partial charge in [0.15, 0.2) is 5.96 Å². The third-order valence-electron chi connectivity index (χ3n) is 2.32. The van der Waals surface area contributed by atoms with Crippen molar-refractivity contribution in [1.82, 2.24) is 10.6 Å². The maximum Gasteiger partial charge on any atom is 0.191 e. The first-order valence-electron chi connectivity index (χ1n) is 6.55. The highest BCUT2D eigenvalue weighted by Crippen LogP contribution is 2.15. The van der Waals surface area contributed by atoms with E-state index in [-0.39, 0.29) is 24.0 Å². The molecule has 1 aromatic rings. The second-order valence-corrected chi connectivity index (χ2v) is 6.00. The van der Waals surface area contributed by atoms with Crippen LogP contribution < -0.4 is 10.6 Å². The summed E-state index contributed by atoms with van der Waals surface area (Å²) in [6, 6.07) is 10.5. The number of benzene rings is 1. The van der Waals surface area contributed by atoms with Gasteiger partial charge in [0.05, 0.1) is 6.54 Å². The van der Waals surface area contributed by atoms with E-state index < -0.39 is 0 Å². The molecule has 0 aliphatic rings. The molecule has 0 heterocycles. The molecular weight excluding hydrogens is 401 g/mol. The minimum absolute atomic E-state index is 0. The highest BCUT2D eigenvalue weighted by atomic mass is 127. The smallest absolute Gasteiger partial charge is 0.191 e. The van der Waals surface area contributed by atoms with E-state index in [1.165, 1.54) is 4.90 Å². The minimum atomic E-state index is 0. The molecule has 6 heteroatoms. The molecule has 1 rings (SSSR count). The summed E-state index contributed by atoms with van der Waals surface area (Å²) in [6.45, 7) is 4.77. The molecule has 0 aliphatic carbocycles. The molecule has 0 spiro atoms. The number of guanidine groups is 1. The van der Waals surface area contributed by atoms with E-state index in [2.05, 4.69) is 53.1 Å². The monoisotopic (exact) mass is 425 g/mol. The molecular formula is C14H24IN3S2. The summed E-state index contributed by atoms with van der Waals surface area (Å²) in [4.78, 5) is 5.83. The van der Waals surface area contributed by atoms with Crippen molar-refractivity contribution in [1.29, 1.82) is 0 Å². The van der Waals surface area contributed by atoms with Gasteiger partial charge in [0.25, 0.3) is 0 Å². The zero-order valence-corrected chi connectivity index (χ0v) is 16.1. The Kier molecular flexibility index (Phi) is 13.8. The van der Waals surface area contributed by atoms with Crippen LogP contribution in [0.2, 0.25) is 0 Å². The Morgan fingerprint density at radius 3 is 2.55 bits per heavy atom. The highest BCUT2D eigenvalue weighted by molar-refractivity contribution is 14.0. The molecule has 0 bridgehead atoms. The quantitative estimate of drug-likeness (QED) is 0.220. The van der Waals surface area contributed by atoms with Crippen molar-refractivity contribution in [2.24, 2.45) is 4.99 Å². The lowest BCUT2D eigenvalue weighted by Gasteiger charge is -2.10. The fourth-order valence-electron chi connectivity index (χ4n) is 1.45. The fourth-order valence-corrected chi connectivity index (χ4v) is 2.51. The summed E-state index contributed by atoms with van der Waals surface area (Å²) < 4.78 is 0. The molecule has 0 saturated heterocycles. The Bertz CT molecular complexity index is 361. The third-order valence-corrected chi connectivity index (χ3v) is 3.92. The average Bonchev–Trinajstić information content (AvgIpc) is 2.45. The molecule has 3 nitrogen and oxygen atoms in total. The minimum Gasteiger partial charge on any atom is -0.357 e. The van der Waals surface area contributed by atoms with Crippen molar-refractivity contribution in [3.8, 4) is 0 Å². The van der Waals surface area contributed by atoms with Gasteiger partial charge in [-0.2, -0.15) is 11.8 Å². The Balaban J connectivity index is 0.00000361. The number of hydrogen-bond donors (Lipinski definition) is 2. The lowest BCUT2D eigenvalue weighted by atomic mass is 10.4. The molecule has 2 N–H and O–H groups in total. The van der Waals surface area contributed by atoms with Crippen LogP contribution in [0.3, 0.4) is 0 Å². The van der Waals surface area contributed by atoms with Crippen LogP contribution in [0.15, 0.2) is 40.2 Å². The topological polar surface area (TPSA) is 36.4 Å². The number of nitrogens with zero attached hydrogens (tertiary/aromatic N) is 1. The van der Waals surface area contributed by atoms with Crippen molar-refractivity contribution >= 4 is 53.5 Å². The lowest BCUT2D eigenvalue weighted by molar-refractivity contribution is 0.850. The maximum absolute atomic E-state index is 4.51. The van der Waals surface area contributed by atoms with Crippen LogP contribution in [0.4, 0.5) is 0 Å². The zero-order valence-electron chi connectivity index (χ0n) is 12.1. The lowest BCUT2D eigenvalue weighted by Crippen LogP contribution is -2.38. The van der Waals surface area contributed by atoms with Gasteiger partial charge in [0, 0.05) is 29.5 Å². The van der Waals surface area contributed by atoms with Crippen molar-refractivity contribution < 1.29 is 0 Å². The summed E-state index contributed by atoms with van der Waals surface area (Å²) >= 11 is 3.68. The number of nitrogens with one attached hydrogen (secondary N) is 2. The normalized spacial score (nSPS) is 10.8. The van der Waals surface area contributed by atoms with Gasteiger partial charge >= 0.3 is 0 Å². The molecule has 0 amide bonds. The predicted molar refractivity (Wildman–Crippen MR) is 105 cm³/mol. The molecule has 0 fully saturated rings. The van der Waals surface area contributed by atoms with Crippen LogP contribution in [0.5, 0.6) is 0 Å². The molecule has 0 aliphatic heterocycles. The predicted octanol–water partition coefficient (Wildman–Crippen LogP) is 3.31. The first-order valence-corrected chi connectivity index (χ1v) is 8.93. The van der Waals surface area contributed by atoms with Crippen LogP contribution >= 0.6 is 47.5 Å². The molecule has 0 atom stereocenters. The first-order chi connectivity index (χ1) is 9.36. The molecule has 0 saturated carbocycles. The number of hydrogen-bond acceptors (Lipinski definition) is 3. The molecule has 0 unspecified atom stereocenters. The Morgan fingerprint density at radius 1 is 1.15 bits per heavy atom. The van der Waals surface area contributed by atoms with Gasteiger partial charge in [-0.25, -0.2) is 0 Å². The van der Waals surface area contributed by atoms with E-state index in [4.69, 9.17) is 0 Å². The van der Waals surface area contributed by atoms with Crippen LogP contribution in [-0.2, 0) is 0 Å². The highest BCUT2D eigenvalue weighted by Gasteiger charge is 1.97. The fraction of sp³-hybridized carbons (Fsp3) is 0.500. The number of thioether (sulfide) groups is 2. The first kappa shape index (κ1) is 19.9.